The molecule has 5 nitrogen and oxygen atoms in total. The smallest absolute Gasteiger partial charge is 0.475 e. The van der Waals surface area contributed by atoms with E-state index < -0.39 is 12.1 Å². The fourth-order valence-corrected chi connectivity index (χ4v) is 0.725. The van der Waals surface area contributed by atoms with Crippen molar-refractivity contribution in [3.63, 3.8) is 0 Å². The number of aryl methyl sites for hydroxylation is 1. The van der Waals surface area contributed by atoms with E-state index in [-0.39, 0.29) is 0 Å². The molecule has 1 aromatic heterocycles. The number of carbonyl (C=O) groups is 1. The van der Waals surface area contributed by atoms with Gasteiger partial charge in [0.2, 0.25) is 0 Å². The summed E-state index contributed by atoms with van der Waals surface area (Å²) < 4.78 is 31.7. The van der Waals surface area contributed by atoms with Crippen molar-refractivity contribution in [2.45, 2.75) is 13.1 Å². The molecule has 3 N–H and O–H groups in total. The number of carboxylic acids is 1. The topological polar surface area (TPSA) is 100 Å². The summed E-state index contributed by atoms with van der Waals surface area (Å²) in [7, 11) is 0. The predicted molar refractivity (Wildman–Crippen MR) is 51.8 cm³/mol. The second kappa shape index (κ2) is 5.69. The average Bonchev–Trinajstić information content (AvgIpc) is 2.17. The van der Waals surface area contributed by atoms with Crippen LogP contribution in [-0.2, 0) is 4.79 Å². The number of hydrogen-bond acceptors (Lipinski definition) is 4. The molecule has 92 valence electrons. The summed E-state index contributed by atoms with van der Waals surface area (Å²) in [5, 5.41) is 15.7. The molecule has 0 saturated heterocycles. The van der Waals surface area contributed by atoms with Crippen LogP contribution in [0.1, 0.15) is 11.1 Å². The molecule has 0 saturated carbocycles. The molecule has 0 aliphatic heterocycles. The highest BCUT2D eigenvalue weighted by atomic mass is 19.4. The maximum Gasteiger partial charge on any atom is 0.490 e. The Bertz CT molecular complexity index is 432. The van der Waals surface area contributed by atoms with E-state index in [1.807, 2.05) is 13.0 Å². The minimum Gasteiger partial charge on any atom is -0.475 e. The largest absolute Gasteiger partial charge is 0.490 e. The molecule has 0 spiro atoms. The van der Waals surface area contributed by atoms with E-state index >= 15 is 0 Å². The van der Waals surface area contributed by atoms with Crippen LogP contribution < -0.4 is 5.73 Å². The Kier molecular flexibility index (Phi) is 4.92. The number of nitriles is 1. The maximum atomic E-state index is 10.6. The molecule has 0 fully saturated rings. The molecular weight excluding hydrogens is 239 g/mol. The molecule has 0 radical (unpaired) electrons. The van der Waals surface area contributed by atoms with Crippen LogP contribution in [0.5, 0.6) is 0 Å². The number of anilines is 1. The molecule has 0 atom stereocenters. The van der Waals surface area contributed by atoms with Crippen molar-refractivity contribution in [1.82, 2.24) is 4.98 Å². The Morgan fingerprint density at radius 3 is 2.29 bits per heavy atom. The van der Waals surface area contributed by atoms with E-state index in [4.69, 9.17) is 20.9 Å². The number of pyridine rings is 1. The first-order chi connectivity index (χ1) is 7.70. The van der Waals surface area contributed by atoms with Crippen molar-refractivity contribution in [3.8, 4) is 6.07 Å². The number of rotatable bonds is 0. The van der Waals surface area contributed by atoms with Crippen molar-refractivity contribution < 1.29 is 23.1 Å². The van der Waals surface area contributed by atoms with Gasteiger partial charge in [-0.2, -0.15) is 18.4 Å². The molecule has 0 aliphatic rings. The van der Waals surface area contributed by atoms with Crippen LogP contribution in [0.4, 0.5) is 19.0 Å². The second-order valence-corrected chi connectivity index (χ2v) is 2.80. The molecule has 0 amide bonds. The summed E-state index contributed by atoms with van der Waals surface area (Å²) in [6.07, 6.45) is -3.49. The van der Waals surface area contributed by atoms with Gasteiger partial charge in [0, 0.05) is 6.20 Å². The first-order valence-electron chi connectivity index (χ1n) is 4.11. The number of nitrogens with two attached hydrogens (primary N) is 1. The van der Waals surface area contributed by atoms with Crippen molar-refractivity contribution in [3.05, 3.63) is 23.4 Å². The number of aliphatic carboxylic acids is 1. The van der Waals surface area contributed by atoms with E-state index in [1.54, 1.807) is 12.3 Å². The van der Waals surface area contributed by atoms with Crippen LogP contribution in [0.15, 0.2) is 12.3 Å². The quantitative estimate of drug-likeness (QED) is 0.723. The normalized spacial score (nSPS) is 9.82. The summed E-state index contributed by atoms with van der Waals surface area (Å²) in [5.41, 5.74) is 6.74. The van der Waals surface area contributed by atoms with Gasteiger partial charge >= 0.3 is 12.1 Å². The van der Waals surface area contributed by atoms with E-state index in [0.29, 0.717) is 11.4 Å². The third kappa shape index (κ3) is 4.83. The standard InChI is InChI=1S/C7H7N3.C2HF3O2/c1-5-2-3-10-7(9)6(5)4-8;3-2(4,5)1(6)7/h2-3H,1H3,(H2,9,10);(H,6,7). The highest BCUT2D eigenvalue weighted by molar-refractivity contribution is 5.73. The minimum absolute atomic E-state index is 0.308. The van der Waals surface area contributed by atoms with Crippen LogP contribution >= 0.6 is 0 Å². The fraction of sp³-hybridized carbons (Fsp3) is 0.222. The zero-order valence-corrected chi connectivity index (χ0v) is 8.62. The van der Waals surface area contributed by atoms with Gasteiger partial charge in [-0.3, -0.25) is 0 Å². The number of carboxylic acid groups (broad SMARTS) is 1. The lowest BCUT2D eigenvalue weighted by molar-refractivity contribution is -0.192. The number of alkyl halides is 3. The third-order valence-electron chi connectivity index (χ3n) is 1.54. The zero-order valence-electron chi connectivity index (χ0n) is 8.62. The van der Waals surface area contributed by atoms with Crippen LogP contribution in [0.3, 0.4) is 0 Å². The SMILES string of the molecule is Cc1ccnc(N)c1C#N.O=C(O)C(F)(F)F. The first-order valence-corrected chi connectivity index (χ1v) is 4.11. The zero-order chi connectivity index (χ0) is 13.6. The monoisotopic (exact) mass is 247 g/mol. The average molecular weight is 247 g/mol. The Balaban J connectivity index is 0.000000325. The molecule has 17 heavy (non-hydrogen) atoms. The second-order valence-electron chi connectivity index (χ2n) is 2.80. The van der Waals surface area contributed by atoms with Gasteiger partial charge in [-0.15, -0.1) is 0 Å². The van der Waals surface area contributed by atoms with Crippen molar-refractivity contribution in [2.24, 2.45) is 0 Å². The lowest BCUT2D eigenvalue weighted by Crippen LogP contribution is -2.21. The van der Waals surface area contributed by atoms with Gasteiger partial charge in [-0.1, -0.05) is 0 Å². The number of halogens is 3. The molecule has 1 aromatic rings. The molecule has 0 bridgehead atoms. The van der Waals surface area contributed by atoms with Gasteiger partial charge < -0.3 is 10.8 Å². The molecule has 1 heterocycles. The minimum atomic E-state index is -5.08. The summed E-state index contributed by atoms with van der Waals surface area (Å²) in [4.78, 5) is 12.7. The lowest BCUT2D eigenvalue weighted by atomic mass is 10.2. The van der Waals surface area contributed by atoms with Gasteiger partial charge in [0.25, 0.3) is 0 Å². The van der Waals surface area contributed by atoms with E-state index in [1.165, 1.54) is 0 Å². The number of nitrogens with zero attached hydrogens (tertiary/aromatic N) is 2. The Hall–Kier alpha value is -2.30. The van der Waals surface area contributed by atoms with E-state index in [0.717, 1.165) is 5.56 Å². The fourth-order valence-electron chi connectivity index (χ4n) is 0.725. The van der Waals surface area contributed by atoms with Gasteiger partial charge in [0.05, 0.1) is 5.56 Å². The van der Waals surface area contributed by atoms with E-state index in [9.17, 15) is 13.2 Å². The molecule has 1 rings (SSSR count). The first kappa shape index (κ1) is 14.7. The molecule has 0 unspecified atom stereocenters. The van der Waals surface area contributed by atoms with Crippen LogP contribution in [0.25, 0.3) is 0 Å². The van der Waals surface area contributed by atoms with Gasteiger partial charge in [0.15, 0.2) is 0 Å². The lowest BCUT2D eigenvalue weighted by Gasteiger charge is -1.97. The summed E-state index contributed by atoms with van der Waals surface area (Å²) in [6.45, 7) is 1.83. The highest BCUT2D eigenvalue weighted by Crippen LogP contribution is 2.13. The molecular formula is C9H8F3N3O2. The predicted octanol–water partition coefficient (Wildman–Crippen LogP) is 1.48. The van der Waals surface area contributed by atoms with Crippen molar-refractivity contribution in [2.75, 3.05) is 5.73 Å². The summed E-state index contributed by atoms with van der Waals surface area (Å²) in [6, 6.07) is 3.73. The number of nitrogen functional groups attached to an aromatic ring is 1. The molecule has 0 aromatic carbocycles. The highest BCUT2D eigenvalue weighted by Gasteiger charge is 2.38. The van der Waals surface area contributed by atoms with Crippen LogP contribution in [-0.4, -0.2) is 22.2 Å². The van der Waals surface area contributed by atoms with Crippen molar-refractivity contribution in [1.29, 1.82) is 5.26 Å². The Labute approximate surface area is 94.3 Å². The maximum absolute atomic E-state index is 10.6. The van der Waals surface area contributed by atoms with Gasteiger partial charge in [-0.05, 0) is 18.6 Å². The van der Waals surface area contributed by atoms with Crippen LogP contribution in [0.2, 0.25) is 0 Å². The van der Waals surface area contributed by atoms with Gasteiger partial charge in [0.1, 0.15) is 11.9 Å². The summed E-state index contributed by atoms with van der Waals surface area (Å²) in [5.74, 6) is -2.45. The van der Waals surface area contributed by atoms with Gasteiger partial charge in [-0.25, -0.2) is 9.78 Å². The number of aromatic nitrogens is 1. The number of hydrogen-bond donors (Lipinski definition) is 2. The third-order valence-corrected chi connectivity index (χ3v) is 1.54. The molecule has 8 heteroatoms. The van der Waals surface area contributed by atoms with Crippen LogP contribution in [0, 0.1) is 18.3 Å². The van der Waals surface area contributed by atoms with Crippen molar-refractivity contribution >= 4 is 11.8 Å². The molecule has 0 aliphatic carbocycles. The summed E-state index contributed by atoms with van der Waals surface area (Å²) >= 11 is 0. The Morgan fingerprint density at radius 1 is 1.59 bits per heavy atom. The Morgan fingerprint density at radius 2 is 2.06 bits per heavy atom. The van der Waals surface area contributed by atoms with E-state index in [2.05, 4.69) is 4.98 Å².